The molecule has 2 saturated heterocycles. The standard InChI is InChI=1S/C33H38N2O8/c1-21(18-23-12-6-3-7-13-23)34-30(36)22(2)41-29-27(35-33(37)38)32(39-19-24-14-8-4-9-15-24)42-26-20-40-31(43-28(26)29)25-16-10-5-11-17-25/h3-17,21-22,26-29,31-32,35H,18-20H2,1-2H3,(H,34,36)(H,37,38)/t21-,22+,26+,27+,28+,29+,31+,32+/m0/s1. The maximum Gasteiger partial charge on any atom is 0.405 e. The molecule has 0 spiro atoms. The van der Waals surface area contributed by atoms with Gasteiger partial charge in [-0.1, -0.05) is 91.0 Å². The third kappa shape index (κ3) is 8.19. The summed E-state index contributed by atoms with van der Waals surface area (Å²) in [6.45, 7) is 3.90. The molecule has 2 aliphatic rings. The van der Waals surface area contributed by atoms with Crippen molar-refractivity contribution in [3.8, 4) is 0 Å². The fraction of sp³-hybridized carbons (Fsp3) is 0.394. The molecule has 0 aromatic heterocycles. The van der Waals surface area contributed by atoms with E-state index in [1.807, 2.05) is 97.9 Å². The summed E-state index contributed by atoms with van der Waals surface area (Å²) >= 11 is 0. The van der Waals surface area contributed by atoms with Crippen LogP contribution in [-0.4, -0.2) is 66.5 Å². The molecule has 2 aliphatic heterocycles. The van der Waals surface area contributed by atoms with E-state index in [1.54, 1.807) is 6.92 Å². The predicted octanol–water partition coefficient (Wildman–Crippen LogP) is 4.20. The summed E-state index contributed by atoms with van der Waals surface area (Å²) in [4.78, 5) is 25.3. The van der Waals surface area contributed by atoms with E-state index >= 15 is 0 Å². The molecular formula is C33H38N2O8. The van der Waals surface area contributed by atoms with Gasteiger partial charge in [-0.15, -0.1) is 0 Å². The SMILES string of the molecule is C[C@@H](Cc1ccccc1)NC(=O)[C@@H](C)O[C@@H]1[C@@H](NC(=O)O)[C@H](OCc2ccccc2)O[C@@H]2CO[C@@H](c3ccccc3)O[C@@H]12. The van der Waals surface area contributed by atoms with Crippen LogP contribution in [-0.2, 0) is 41.5 Å². The van der Waals surface area contributed by atoms with Gasteiger partial charge in [-0.05, 0) is 31.4 Å². The molecule has 0 radical (unpaired) electrons. The first-order chi connectivity index (χ1) is 20.9. The highest BCUT2D eigenvalue weighted by Crippen LogP contribution is 2.36. The van der Waals surface area contributed by atoms with Crippen molar-refractivity contribution < 1.29 is 38.4 Å². The normalized spacial score (nSPS) is 26.5. The molecule has 5 rings (SSSR count). The molecule has 10 heteroatoms. The van der Waals surface area contributed by atoms with Crippen molar-refractivity contribution in [1.82, 2.24) is 10.6 Å². The van der Waals surface area contributed by atoms with Crippen molar-refractivity contribution in [3.63, 3.8) is 0 Å². The van der Waals surface area contributed by atoms with Gasteiger partial charge in [0.25, 0.3) is 0 Å². The van der Waals surface area contributed by atoms with Gasteiger partial charge in [0.1, 0.15) is 30.5 Å². The summed E-state index contributed by atoms with van der Waals surface area (Å²) in [5, 5.41) is 15.3. The average Bonchev–Trinajstić information content (AvgIpc) is 3.02. The lowest BCUT2D eigenvalue weighted by Gasteiger charge is -2.49. The molecule has 228 valence electrons. The Morgan fingerprint density at radius 2 is 1.53 bits per heavy atom. The quantitative estimate of drug-likeness (QED) is 0.304. The monoisotopic (exact) mass is 590 g/mol. The van der Waals surface area contributed by atoms with Gasteiger partial charge >= 0.3 is 6.09 Å². The number of fused-ring (bicyclic) bond motifs is 1. The van der Waals surface area contributed by atoms with Gasteiger partial charge in [-0.2, -0.15) is 0 Å². The number of rotatable bonds is 11. The van der Waals surface area contributed by atoms with E-state index < -0.39 is 49.1 Å². The van der Waals surface area contributed by atoms with Crippen molar-refractivity contribution in [2.45, 2.75) is 76.0 Å². The molecule has 0 aliphatic carbocycles. The Labute approximate surface area is 251 Å². The van der Waals surface area contributed by atoms with Gasteiger partial charge in [0.2, 0.25) is 5.91 Å². The highest BCUT2D eigenvalue weighted by atomic mass is 16.8. The first kappa shape index (κ1) is 30.7. The van der Waals surface area contributed by atoms with Crippen LogP contribution in [0.2, 0.25) is 0 Å². The van der Waals surface area contributed by atoms with Crippen LogP contribution >= 0.6 is 0 Å². The maximum atomic E-state index is 13.3. The van der Waals surface area contributed by atoms with Crippen LogP contribution in [0.15, 0.2) is 91.0 Å². The van der Waals surface area contributed by atoms with Crippen LogP contribution in [0.25, 0.3) is 0 Å². The first-order valence-electron chi connectivity index (χ1n) is 14.5. The molecule has 0 bridgehead atoms. The van der Waals surface area contributed by atoms with E-state index in [0.29, 0.717) is 6.42 Å². The van der Waals surface area contributed by atoms with Crippen molar-refractivity contribution in [2.75, 3.05) is 6.61 Å². The maximum absolute atomic E-state index is 13.3. The molecule has 10 nitrogen and oxygen atoms in total. The third-order valence-corrected chi connectivity index (χ3v) is 7.46. The zero-order valence-electron chi connectivity index (χ0n) is 24.2. The summed E-state index contributed by atoms with van der Waals surface area (Å²) in [5.74, 6) is -0.325. The lowest BCUT2D eigenvalue weighted by molar-refractivity contribution is -0.351. The van der Waals surface area contributed by atoms with E-state index in [0.717, 1.165) is 16.7 Å². The Kier molecular flexibility index (Phi) is 10.4. The molecule has 2 heterocycles. The Morgan fingerprint density at radius 3 is 2.19 bits per heavy atom. The molecule has 2 amide bonds. The van der Waals surface area contributed by atoms with Gasteiger partial charge in [0, 0.05) is 11.6 Å². The number of benzene rings is 3. The minimum absolute atomic E-state index is 0.153. The zero-order valence-corrected chi connectivity index (χ0v) is 24.2. The molecule has 0 saturated carbocycles. The van der Waals surface area contributed by atoms with Crippen LogP contribution in [0.3, 0.4) is 0 Å². The van der Waals surface area contributed by atoms with Crippen molar-refractivity contribution in [2.24, 2.45) is 0 Å². The Morgan fingerprint density at radius 1 is 0.907 bits per heavy atom. The second-order valence-electron chi connectivity index (χ2n) is 10.8. The number of carbonyl (C=O) groups excluding carboxylic acids is 1. The molecule has 43 heavy (non-hydrogen) atoms. The molecular weight excluding hydrogens is 552 g/mol. The molecule has 3 N–H and O–H groups in total. The Bertz CT molecular complexity index is 1310. The van der Waals surface area contributed by atoms with Crippen molar-refractivity contribution >= 4 is 12.0 Å². The largest absolute Gasteiger partial charge is 0.465 e. The van der Waals surface area contributed by atoms with Crippen molar-refractivity contribution in [3.05, 3.63) is 108 Å². The minimum Gasteiger partial charge on any atom is -0.465 e. The summed E-state index contributed by atoms with van der Waals surface area (Å²) in [6.07, 6.45) is -5.65. The van der Waals surface area contributed by atoms with E-state index in [4.69, 9.17) is 23.7 Å². The second kappa shape index (κ2) is 14.6. The topological polar surface area (TPSA) is 125 Å². The summed E-state index contributed by atoms with van der Waals surface area (Å²) in [7, 11) is 0. The van der Waals surface area contributed by atoms with Gasteiger partial charge in [0.15, 0.2) is 12.6 Å². The number of hydrogen-bond acceptors (Lipinski definition) is 7. The van der Waals surface area contributed by atoms with Crippen LogP contribution in [0.5, 0.6) is 0 Å². The zero-order chi connectivity index (χ0) is 30.2. The van der Waals surface area contributed by atoms with Gasteiger partial charge in [0.05, 0.1) is 13.2 Å². The lowest BCUT2D eigenvalue weighted by Crippen LogP contribution is -2.68. The number of carbonyl (C=O) groups is 2. The fourth-order valence-corrected chi connectivity index (χ4v) is 5.38. The van der Waals surface area contributed by atoms with Gasteiger partial charge in [-0.3, -0.25) is 4.79 Å². The Balaban J connectivity index is 1.35. The first-order valence-corrected chi connectivity index (χ1v) is 14.5. The fourth-order valence-electron chi connectivity index (χ4n) is 5.38. The average molecular weight is 591 g/mol. The summed E-state index contributed by atoms with van der Waals surface area (Å²) in [5.41, 5.74) is 2.79. The number of ether oxygens (including phenoxy) is 5. The van der Waals surface area contributed by atoms with E-state index in [9.17, 15) is 14.7 Å². The summed E-state index contributed by atoms with van der Waals surface area (Å²) in [6, 6.07) is 27.6. The highest BCUT2D eigenvalue weighted by molar-refractivity contribution is 5.80. The molecule has 3 aromatic rings. The van der Waals surface area contributed by atoms with Crippen LogP contribution < -0.4 is 10.6 Å². The molecule has 8 atom stereocenters. The second-order valence-corrected chi connectivity index (χ2v) is 10.8. The van der Waals surface area contributed by atoms with Crippen LogP contribution in [0, 0.1) is 0 Å². The van der Waals surface area contributed by atoms with E-state index in [2.05, 4.69) is 10.6 Å². The van der Waals surface area contributed by atoms with Crippen LogP contribution in [0.4, 0.5) is 4.79 Å². The predicted molar refractivity (Wildman–Crippen MR) is 157 cm³/mol. The minimum atomic E-state index is -1.28. The lowest BCUT2D eigenvalue weighted by atomic mass is 9.95. The smallest absolute Gasteiger partial charge is 0.405 e. The number of amides is 2. The van der Waals surface area contributed by atoms with Gasteiger partial charge < -0.3 is 39.4 Å². The molecule has 2 fully saturated rings. The number of nitrogens with one attached hydrogen (secondary N) is 2. The number of carboxylic acid groups (broad SMARTS) is 1. The third-order valence-electron chi connectivity index (χ3n) is 7.46. The van der Waals surface area contributed by atoms with Crippen molar-refractivity contribution in [1.29, 1.82) is 0 Å². The van der Waals surface area contributed by atoms with E-state index in [1.165, 1.54) is 0 Å². The highest BCUT2D eigenvalue weighted by Gasteiger charge is 2.52. The molecule has 3 aromatic carbocycles. The molecule has 0 unspecified atom stereocenters. The summed E-state index contributed by atoms with van der Waals surface area (Å²) < 4.78 is 31.1. The van der Waals surface area contributed by atoms with Gasteiger partial charge in [-0.25, -0.2) is 4.79 Å². The Hall–Kier alpha value is -3.80. The van der Waals surface area contributed by atoms with Crippen LogP contribution in [0.1, 0.15) is 36.8 Å². The number of hydrogen-bond donors (Lipinski definition) is 3. The van der Waals surface area contributed by atoms with E-state index in [-0.39, 0.29) is 25.2 Å².